The monoisotopic (exact) mass is 469 g/mol. The van der Waals surface area contributed by atoms with Crippen LogP contribution in [-0.2, 0) is 6.42 Å². The van der Waals surface area contributed by atoms with E-state index in [2.05, 4.69) is 22.3 Å². The molecule has 0 radical (unpaired) electrons. The number of hydrogen-bond acceptors (Lipinski definition) is 5. The highest BCUT2D eigenvalue weighted by Crippen LogP contribution is 2.47. The molecule has 178 valence electrons. The number of carbonyl (C=O) groups is 1. The van der Waals surface area contributed by atoms with Gasteiger partial charge in [-0.05, 0) is 36.6 Å². The van der Waals surface area contributed by atoms with Crippen molar-refractivity contribution in [3.8, 4) is 28.5 Å². The normalized spacial score (nSPS) is 14.8. The number of nitrogens with one attached hydrogen (secondary N) is 1. The minimum atomic E-state index is -0.431. The first-order chi connectivity index (χ1) is 17.0. The molecule has 1 atom stereocenters. The lowest BCUT2D eigenvalue weighted by Gasteiger charge is -2.27. The van der Waals surface area contributed by atoms with E-state index >= 15 is 0 Å². The summed E-state index contributed by atoms with van der Waals surface area (Å²) in [6.45, 7) is 2.54. The fraction of sp³-hybridized carbons (Fsp3) is 0.214. The third-order valence-electron chi connectivity index (χ3n) is 6.49. The van der Waals surface area contributed by atoms with Gasteiger partial charge in [-0.3, -0.25) is 9.89 Å². The number of carbonyl (C=O) groups excluding carboxylic acids is 1. The maximum absolute atomic E-state index is 13.6. The largest absolute Gasteiger partial charge is 0.502 e. The summed E-state index contributed by atoms with van der Waals surface area (Å²) in [4.78, 5) is 15.5. The molecule has 1 amide bonds. The molecule has 3 aromatic carbocycles. The van der Waals surface area contributed by atoms with E-state index in [1.54, 1.807) is 12.1 Å². The Labute approximate surface area is 203 Å². The van der Waals surface area contributed by atoms with Gasteiger partial charge in [-0.25, -0.2) is 0 Å². The number of aryl methyl sites for hydroxylation is 1. The molecule has 2 N–H and O–H groups in total. The van der Waals surface area contributed by atoms with E-state index in [1.807, 2.05) is 54.3 Å². The van der Waals surface area contributed by atoms with Gasteiger partial charge in [0.2, 0.25) is 5.75 Å². The number of fused-ring (bicyclic) bond motifs is 1. The maximum Gasteiger partial charge on any atom is 0.273 e. The first kappa shape index (κ1) is 22.5. The van der Waals surface area contributed by atoms with E-state index in [0.29, 0.717) is 18.7 Å². The molecular formula is C28H27N3O4. The molecule has 0 spiro atoms. The molecule has 35 heavy (non-hydrogen) atoms. The topological polar surface area (TPSA) is 87.7 Å². The Kier molecular flexibility index (Phi) is 5.91. The molecule has 4 aromatic rings. The predicted octanol–water partition coefficient (Wildman–Crippen LogP) is 4.90. The fourth-order valence-electron chi connectivity index (χ4n) is 4.67. The summed E-state index contributed by atoms with van der Waals surface area (Å²) in [7, 11) is 2.98. The number of aromatic hydroxyl groups is 1. The zero-order valence-corrected chi connectivity index (χ0v) is 19.9. The standard InChI is InChI=1S/C28H27N3O4/c1-17-9-11-19(12-10-17)24-23-25(30-29-24)28(33)31(14-13-18-7-5-4-6-8-18)26(23)20-15-21(34-2)27(32)22(16-20)35-3/h4-12,15-16,26,32H,13-14H2,1-3H3,(H,29,30). The van der Waals surface area contributed by atoms with Crippen LogP contribution >= 0.6 is 0 Å². The fourth-order valence-corrected chi connectivity index (χ4v) is 4.67. The van der Waals surface area contributed by atoms with Crippen LogP contribution in [0.5, 0.6) is 17.2 Å². The molecular weight excluding hydrogens is 442 g/mol. The molecule has 1 unspecified atom stereocenters. The highest BCUT2D eigenvalue weighted by molar-refractivity contribution is 6.00. The van der Waals surface area contributed by atoms with Crippen molar-refractivity contribution >= 4 is 5.91 Å². The molecule has 0 bridgehead atoms. The number of H-pyrrole nitrogens is 1. The molecule has 0 aliphatic carbocycles. The molecule has 0 fully saturated rings. The smallest absolute Gasteiger partial charge is 0.273 e. The zero-order valence-electron chi connectivity index (χ0n) is 19.9. The van der Waals surface area contributed by atoms with Gasteiger partial charge in [-0.15, -0.1) is 0 Å². The van der Waals surface area contributed by atoms with Crippen LogP contribution in [0.3, 0.4) is 0 Å². The van der Waals surface area contributed by atoms with Crippen molar-refractivity contribution in [2.45, 2.75) is 19.4 Å². The lowest BCUT2D eigenvalue weighted by molar-refractivity contribution is 0.0745. The number of aromatic nitrogens is 2. The van der Waals surface area contributed by atoms with Gasteiger partial charge in [0.1, 0.15) is 5.69 Å². The minimum Gasteiger partial charge on any atom is -0.502 e. The van der Waals surface area contributed by atoms with Crippen LogP contribution in [0.15, 0.2) is 66.7 Å². The quantitative estimate of drug-likeness (QED) is 0.402. The minimum absolute atomic E-state index is 0.0786. The Morgan fingerprint density at radius 1 is 1.00 bits per heavy atom. The third kappa shape index (κ3) is 3.99. The van der Waals surface area contributed by atoms with E-state index in [9.17, 15) is 9.90 Å². The number of aromatic amines is 1. The van der Waals surface area contributed by atoms with E-state index < -0.39 is 6.04 Å². The number of methoxy groups -OCH3 is 2. The SMILES string of the molecule is COc1cc(C2c3c(-c4ccc(C)cc4)n[nH]c3C(=O)N2CCc2ccccc2)cc(OC)c1O. The van der Waals surface area contributed by atoms with Gasteiger partial charge >= 0.3 is 0 Å². The van der Waals surface area contributed by atoms with Crippen molar-refractivity contribution < 1.29 is 19.4 Å². The summed E-state index contributed by atoms with van der Waals surface area (Å²) < 4.78 is 10.8. The van der Waals surface area contributed by atoms with Crippen molar-refractivity contribution in [1.29, 1.82) is 0 Å². The van der Waals surface area contributed by atoms with Gasteiger partial charge in [-0.2, -0.15) is 5.10 Å². The average Bonchev–Trinajstić information content (AvgIpc) is 3.43. The molecule has 7 heteroatoms. The Morgan fingerprint density at radius 2 is 1.66 bits per heavy atom. The van der Waals surface area contributed by atoms with Gasteiger partial charge in [0, 0.05) is 17.7 Å². The molecule has 1 aliphatic heterocycles. The van der Waals surface area contributed by atoms with Crippen molar-refractivity contribution in [2.24, 2.45) is 0 Å². The van der Waals surface area contributed by atoms with Crippen molar-refractivity contribution in [3.63, 3.8) is 0 Å². The second-order valence-corrected chi connectivity index (χ2v) is 8.64. The van der Waals surface area contributed by atoms with Crippen molar-refractivity contribution in [3.05, 3.63) is 94.7 Å². The molecule has 5 rings (SSSR count). The Hall–Kier alpha value is -4.26. The number of amides is 1. The molecule has 2 heterocycles. The third-order valence-corrected chi connectivity index (χ3v) is 6.49. The van der Waals surface area contributed by atoms with Crippen molar-refractivity contribution in [2.75, 3.05) is 20.8 Å². The number of benzene rings is 3. The molecule has 1 aromatic heterocycles. The number of ether oxygens (including phenoxy) is 2. The van der Waals surface area contributed by atoms with Gasteiger partial charge in [0.15, 0.2) is 11.5 Å². The van der Waals surface area contributed by atoms with E-state index in [-0.39, 0.29) is 23.2 Å². The second kappa shape index (κ2) is 9.18. The van der Waals surface area contributed by atoms with Crippen LogP contribution in [0.25, 0.3) is 11.3 Å². The van der Waals surface area contributed by atoms with Crippen LogP contribution < -0.4 is 9.47 Å². The number of hydrogen-bond donors (Lipinski definition) is 2. The summed E-state index contributed by atoms with van der Waals surface area (Å²) >= 11 is 0. The predicted molar refractivity (Wildman–Crippen MR) is 133 cm³/mol. The summed E-state index contributed by atoms with van der Waals surface area (Å²) in [5, 5.41) is 18.0. The Balaban J connectivity index is 1.64. The van der Waals surface area contributed by atoms with Crippen LogP contribution in [0.2, 0.25) is 0 Å². The van der Waals surface area contributed by atoms with Gasteiger partial charge in [-0.1, -0.05) is 60.2 Å². The molecule has 1 aliphatic rings. The highest BCUT2D eigenvalue weighted by atomic mass is 16.5. The number of rotatable bonds is 7. The summed E-state index contributed by atoms with van der Waals surface area (Å²) in [6.07, 6.45) is 0.701. The highest BCUT2D eigenvalue weighted by Gasteiger charge is 2.42. The summed E-state index contributed by atoms with van der Waals surface area (Å²) in [5.74, 6) is 0.371. The van der Waals surface area contributed by atoms with E-state index in [4.69, 9.17) is 9.47 Å². The van der Waals surface area contributed by atoms with Crippen LogP contribution in [0.4, 0.5) is 0 Å². The van der Waals surface area contributed by atoms with E-state index in [1.165, 1.54) is 14.2 Å². The first-order valence-corrected chi connectivity index (χ1v) is 11.5. The van der Waals surface area contributed by atoms with Crippen LogP contribution in [0, 0.1) is 6.92 Å². The molecule has 0 saturated heterocycles. The molecule has 7 nitrogen and oxygen atoms in total. The van der Waals surface area contributed by atoms with Gasteiger partial charge in [0.05, 0.1) is 26.0 Å². The van der Waals surface area contributed by atoms with Crippen LogP contribution in [0.1, 0.15) is 38.8 Å². The summed E-state index contributed by atoms with van der Waals surface area (Å²) in [5.41, 5.74) is 6.00. The van der Waals surface area contributed by atoms with Gasteiger partial charge in [0.25, 0.3) is 5.91 Å². The average molecular weight is 470 g/mol. The lowest BCUT2D eigenvalue weighted by atomic mass is 9.95. The number of phenols is 1. The molecule has 0 saturated carbocycles. The second-order valence-electron chi connectivity index (χ2n) is 8.64. The Morgan fingerprint density at radius 3 is 2.29 bits per heavy atom. The number of nitrogens with zero attached hydrogens (tertiary/aromatic N) is 2. The summed E-state index contributed by atoms with van der Waals surface area (Å²) in [6, 6.07) is 21.2. The Bertz CT molecular complexity index is 1340. The maximum atomic E-state index is 13.6. The first-order valence-electron chi connectivity index (χ1n) is 11.5. The zero-order chi connectivity index (χ0) is 24.5. The number of phenolic OH excluding ortho intramolecular Hbond substituents is 1. The van der Waals surface area contributed by atoms with Crippen LogP contribution in [-0.4, -0.2) is 46.9 Å². The van der Waals surface area contributed by atoms with Gasteiger partial charge < -0.3 is 19.5 Å². The lowest BCUT2D eigenvalue weighted by Crippen LogP contribution is -2.31. The van der Waals surface area contributed by atoms with E-state index in [0.717, 1.165) is 33.5 Å². The van der Waals surface area contributed by atoms with Crippen molar-refractivity contribution in [1.82, 2.24) is 15.1 Å².